The smallest absolute Gasteiger partial charge is 0.332 e. The Morgan fingerprint density at radius 2 is 1.71 bits per heavy atom. The van der Waals surface area contributed by atoms with Crippen LogP contribution in [0, 0.1) is 11.3 Å². The summed E-state index contributed by atoms with van der Waals surface area (Å²) >= 11 is 0. The van der Waals surface area contributed by atoms with Crippen LogP contribution in [0.25, 0.3) is 6.08 Å². The SMILES string of the molecule is CCN(CC)c1ccc(/C=C(\C#N)C(=O)c2c(N)n(C)c(=O)n(C)c2=O)cc1. The molecule has 0 aliphatic heterocycles. The van der Waals surface area contributed by atoms with Crippen molar-refractivity contribution in [3.05, 3.63) is 61.8 Å². The molecule has 28 heavy (non-hydrogen) atoms. The van der Waals surface area contributed by atoms with Gasteiger partial charge in [0.1, 0.15) is 23.0 Å². The highest BCUT2D eigenvalue weighted by atomic mass is 16.2. The van der Waals surface area contributed by atoms with Crippen LogP contribution in [-0.2, 0) is 14.1 Å². The molecule has 0 amide bonds. The Bertz CT molecular complexity index is 1080. The molecule has 8 heteroatoms. The van der Waals surface area contributed by atoms with Crippen LogP contribution in [0.4, 0.5) is 11.5 Å². The van der Waals surface area contributed by atoms with E-state index in [0.717, 1.165) is 27.9 Å². The van der Waals surface area contributed by atoms with E-state index in [1.54, 1.807) is 12.1 Å². The largest absolute Gasteiger partial charge is 0.384 e. The lowest BCUT2D eigenvalue weighted by Gasteiger charge is -2.20. The van der Waals surface area contributed by atoms with Crippen molar-refractivity contribution in [2.75, 3.05) is 23.7 Å². The van der Waals surface area contributed by atoms with Crippen molar-refractivity contribution < 1.29 is 4.79 Å². The zero-order valence-corrected chi connectivity index (χ0v) is 16.4. The van der Waals surface area contributed by atoms with E-state index < -0.39 is 22.6 Å². The average molecular weight is 381 g/mol. The summed E-state index contributed by atoms with van der Waals surface area (Å²) in [5.41, 5.74) is 5.38. The van der Waals surface area contributed by atoms with Crippen LogP contribution in [0.3, 0.4) is 0 Å². The number of nitrogens with two attached hydrogens (primary N) is 1. The van der Waals surface area contributed by atoms with E-state index in [9.17, 15) is 19.6 Å². The van der Waals surface area contributed by atoms with Crippen molar-refractivity contribution in [1.29, 1.82) is 5.26 Å². The zero-order chi connectivity index (χ0) is 21.0. The lowest BCUT2D eigenvalue weighted by atomic mass is 10.0. The van der Waals surface area contributed by atoms with E-state index in [2.05, 4.69) is 18.7 Å². The Hall–Kier alpha value is -3.60. The van der Waals surface area contributed by atoms with Gasteiger partial charge in [0.05, 0.1) is 0 Å². The van der Waals surface area contributed by atoms with Gasteiger partial charge < -0.3 is 10.6 Å². The number of hydrogen-bond donors (Lipinski definition) is 1. The fraction of sp³-hybridized carbons (Fsp3) is 0.300. The van der Waals surface area contributed by atoms with Gasteiger partial charge in [0.25, 0.3) is 5.56 Å². The summed E-state index contributed by atoms with van der Waals surface area (Å²) in [6, 6.07) is 9.21. The molecule has 1 aromatic heterocycles. The van der Waals surface area contributed by atoms with Crippen LogP contribution >= 0.6 is 0 Å². The highest BCUT2D eigenvalue weighted by Crippen LogP contribution is 2.18. The molecule has 0 atom stereocenters. The first-order valence-corrected chi connectivity index (χ1v) is 8.83. The number of allylic oxidation sites excluding steroid dienone is 1. The zero-order valence-electron chi connectivity index (χ0n) is 16.4. The maximum atomic E-state index is 12.8. The molecule has 0 aliphatic carbocycles. The normalized spacial score (nSPS) is 11.2. The van der Waals surface area contributed by atoms with Gasteiger partial charge in [0, 0.05) is 32.9 Å². The van der Waals surface area contributed by atoms with Crippen molar-refractivity contribution in [1.82, 2.24) is 9.13 Å². The second kappa shape index (κ2) is 8.39. The summed E-state index contributed by atoms with van der Waals surface area (Å²) in [5, 5.41) is 9.45. The van der Waals surface area contributed by atoms with Gasteiger partial charge in [-0.15, -0.1) is 0 Å². The molecule has 0 saturated heterocycles. The number of rotatable bonds is 6. The fourth-order valence-corrected chi connectivity index (χ4v) is 2.89. The van der Waals surface area contributed by atoms with Crippen molar-refractivity contribution in [2.45, 2.75) is 13.8 Å². The number of ketones is 1. The quantitative estimate of drug-likeness (QED) is 0.458. The van der Waals surface area contributed by atoms with Crippen LogP contribution in [0.1, 0.15) is 29.8 Å². The monoisotopic (exact) mass is 381 g/mol. The minimum atomic E-state index is -0.830. The lowest BCUT2D eigenvalue weighted by molar-refractivity contribution is 0.103. The molecule has 0 unspecified atom stereocenters. The number of benzene rings is 1. The Kier molecular flexibility index (Phi) is 6.21. The Labute approximate surface area is 162 Å². The van der Waals surface area contributed by atoms with Crippen LogP contribution in [-0.4, -0.2) is 28.0 Å². The van der Waals surface area contributed by atoms with Gasteiger partial charge in [-0.25, -0.2) is 4.79 Å². The highest BCUT2D eigenvalue weighted by Gasteiger charge is 2.23. The summed E-state index contributed by atoms with van der Waals surface area (Å²) in [7, 11) is 2.61. The first-order valence-electron chi connectivity index (χ1n) is 8.83. The molecule has 0 spiro atoms. The molecule has 8 nitrogen and oxygen atoms in total. The third-order valence-electron chi connectivity index (χ3n) is 4.63. The Morgan fingerprint density at radius 3 is 2.21 bits per heavy atom. The maximum absolute atomic E-state index is 12.8. The summed E-state index contributed by atoms with van der Waals surface area (Å²) in [6.07, 6.45) is 1.40. The number of Topliss-reactive ketones (excluding diaryl/α,β-unsaturated/α-hetero) is 1. The molecule has 2 rings (SSSR count). The van der Waals surface area contributed by atoms with E-state index in [0.29, 0.717) is 5.56 Å². The second-order valence-electron chi connectivity index (χ2n) is 6.23. The second-order valence-corrected chi connectivity index (χ2v) is 6.23. The van der Waals surface area contributed by atoms with Gasteiger partial charge in [0.15, 0.2) is 0 Å². The van der Waals surface area contributed by atoms with Crippen LogP contribution in [0.2, 0.25) is 0 Å². The third-order valence-corrected chi connectivity index (χ3v) is 4.63. The first kappa shape index (κ1) is 20.7. The van der Waals surface area contributed by atoms with E-state index in [1.807, 2.05) is 18.2 Å². The summed E-state index contributed by atoms with van der Waals surface area (Å²) < 4.78 is 1.79. The van der Waals surface area contributed by atoms with E-state index in [4.69, 9.17) is 5.73 Å². The highest BCUT2D eigenvalue weighted by molar-refractivity contribution is 6.16. The van der Waals surface area contributed by atoms with E-state index in [1.165, 1.54) is 20.2 Å². The topological polar surface area (TPSA) is 114 Å². The average Bonchev–Trinajstić information content (AvgIpc) is 2.71. The van der Waals surface area contributed by atoms with Crippen molar-refractivity contribution in [2.24, 2.45) is 14.1 Å². The van der Waals surface area contributed by atoms with Crippen LogP contribution < -0.4 is 21.9 Å². The number of carbonyl (C=O) groups excluding carboxylic acids is 1. The Morgan fingerprint density at radius 1 is 1.14 bits per heavy atom. The number of nitriles is 1. The van der Waals surface area contributed by atoms with Gasteiger partial charge in [-0.1, -0.05) is 12.1 Å². The molecule has 0 fully saturated rings. The third kappa shape index (κ3) is 3.74. The van der Waals surface area contributed by atoms with E-state index >= 15 is 0 Å². The predicted octanol–water partition coefficient (Wildman–Crippen LogP) is 1.30. The predicted molar refractivity (Wildman–Crippen MR) is 109 cm³/mol. The van der Waals surface area contributed by atoms with Crippen molar-refractivity contribution in [3.8, 4) is 6.07 Å². The summed E-state index contributed by atoms with van der Waals surface area (Å²) in [6.45, 7) is 5.84. The van der Waals surface area contributed by atoms with Gasteiger partial charge >= 0.3 is 5.69 Å². The molecular formula is C20H23N5O3. The number of nitrogens with zero attached hydrogens (tertiary/aromatic N) is 4. The molecule has 1 aromatic carbocycles. The molecule has 0 saturated carbocycles. The number of hydrogen-bond acceptors (Lipinski definition) is 6. The minimum absolute atomic E-state index is 0.238. The molecule has 0 aliphatic rings. The molecular weight excluding hydrogens is 358 g/mol. The van der Waals surface area contributed by atoms with Gasteiger partial charge in [-0.2, -0.15) is 5.26 Å². The number of nitrogen functional groups attached to an aromatic ring is 1. The molecule has 0 bridgehead atoms. The standard InChI is InChI=1S/C20H23N5O3/c1-5-25(6-2)15-9-7-13(8-10-15)11-14(12-21)17(26)16-18(22)23(3)20(28)24(4)19(16)27/h7-11H,5-6,22H2,1-4H3/b14-11+. The van der Waals surface area contributed by atoms with Crippen molar-refractivity contribution in [3.63, 3.8) is 0 Å². The molecule has 1 heterocycles. The van der Waals surface area contributed by atoms with Gasteiger partial charge in [-0.3, -0.25) is 18.7 Å². The molecule has 146 valence electrons. The number of anilines is 2. The molecule has 0 radical (unpaired) electrons. The minimum Gasteiger partial charge on any atom is -0.384 e. The van der Waals surface area contributed by atoms with Crippen LogP contribution in [0.15, 0.2) is 39.4 Å². The Balaban J connectivity index is 2.50. The van der Waals surface area contributed by atoms with E-state index in [-0.39, 0.29) is 11.4 Å². The molecule has 2 aromatic rings. The fourth-order valence-electron chi connectivity index (χ4n) is 2.89. The van der Waals surface area contributed by atoms with Crippen LogP contribution in [0.5, 0.6) is 0 Å². The van der Waals surface area contributed by atoms with Gasteiger partial charge in [-0.05, 0) is 37.6 Å². The first-order chi connectivity index (χ1) is 13.3. The maximum Gasteiger partial charge on any atom is 0.332 e. The molecule has 2 N–H and O–H groups in total. The van der Waals surface area contributed by atoms with Gasteiger partial charge in [0.2, 0.25) is 5.78 Å². The summed E-state index contributed by atoms with van der Waals surface area (Å²) in [5.74, 6) is -1.08. The lowest BCUT2D eigenvalue weighted by Crippen LogP contribution is -2.41. The summed E-state index contributed by atoms with van der Waals surface area (Å²) in [4.78, 5) is 39.2. The van der Waals surface area contributed by atoms with Crippen molar-refractivity contribution >= 4 is 23.4 Å². The number of aromatic nitrogens is 2. The number of carbonyl (C=O) groups is 1.